The van der Waals surface area contributed by atoms with Gasteiger partial charge in [0.15, 0.2) is 16.6 Å². The van der Waals surface area contributed by atoms with Crippen LogP contribution in [-0.2, 0) is 13.7 Å². The molecule has 0 radical (unpaired) electrons. The van der Waals surface area contributed by atoms with Crippen molar-refractivity contribution in [3.05, 3.63) is 0 Å². The van der Waals surface area contributed by atoms with Gasteiger partial charge in [-0.05, 0) is 132 Å². The first-order chi connectivity index (χ1) is 15.8. The van der Waals surface area contributed by atoms with Crippen molar-refractivity contribution in [2.24, 2.45) is 45.6 Å². The van der Waals surface area contributed by atoms with Gasteiger partial charge in [0.25, 0.3) is 0 Å². The average molecular weight is 508 g/mol. The summed E-state index contributed by atoms with van der Waals surface area (Å²) in [5, 5.41) is 4.57. The molecule has 0 spiro atoms. The third-order valence-corrected chi connectivity index (χ3v) is 12.5. The lowest BCUT2D eigenvalue weighted by Crippen LogP contribution is -2.55. The van der Waals surface area contributed by atoms with Gasteiger partial charge in [-0.25, -0.2) is 0 Å². The predicted octanol–water partition coefficient (Wildman–Crippen LogP) is 7.72. The van der Waals surface area contributed by atoms with Gasteiger partial charge in [-0.15, -0.1) is 0 Å². The molecule has 8 atom stereocenters. The lowest BCUT2D eigenvalue weighted by atomic mass is 9.44. The highest BCUT2D eigenvalue weighted by Crippen LogP contribution is 2.67. The zero-order chi connectivity index (χ0) is 24.9. The van der Waals surface area contributed by atoms with Gasteiger partial charge >= 0.3 is 0 Å². The minimum atomic E-state index is -1.59. The molecule has 4 nitrogen and oxygen atoms in total. The molecule has 0 aliphatic heterocycles. The van der Waals surface area contributed by atoms with E-state index in [0.29, 0.717) is 29.5 Å². The summed E-state index contributed by atoms with van der Waals surface area (Å²) in [6.45, 7) is 19.8. The van der Waals surface area contributed by atoms with E-state index in [2.05, 4.69) is 58.3 Å². The number of rotatable bonds is 7. The Morgan fingerprint density at radius 1 is 0.824 bits per heavy atom. The summed E-state index contributed by atoms with van der Waals surface area (Å²) in [6.07, 6.45) is 12.7. The van der Waals surface area contributed by atoms with Crippen LogP contribution in [-0.4, -0.2) is 42.2 Å². The Balaban J connectivity index is 1.49. The molecule has 6 heteroatoms. The highest BCUT2D eigenvalue weighted by molar-refractivity contribution is 6.70. The van der Waals surface area contributed by atoms with Crippen LogP contribution in [0.2, 0.25) is 39.3 Å². The van der Waals surface area contributed by atoms with Gasteiger partial charge in [-0.2, -0.15) is 0 Å². The molecule has 34 heavy (non-hydrogen) atoms. The number of fused-ring (bicyclic) bond motifs is 5. The van der Waals surface area contributed by atoms with E-state index < -0.39 is 16.6 Å². The molecule has 0 bridgehead atoms. The molecule has 196 valence electrons. The molecule has 4 rings (SSSR count). The molecule has 0 amide bonds. The molecule has 0 N–H and O–H groups in total. The van der Waals surface area contributed by atoms with Gasteiger partial charge < -0.3 is 13.7 Å². The van der Waals surface area contributed by atoms with Crippen molar-refractivity contribution >= 4 is 22.3 Å². The Morgan fingerprint density at radius 2 is 1.50 bits per heavy atom. The Kier molecular flexibility index (Phi) is 7.59. The number of hydrogen-bond donors (Lipinski definition) is 0. The van der Waals surface area contributed by atoms with E-state index in [-0.39, 0.29) is 0 Å². The van der Waals surface area contributed by atoms with Crippen molar-refractivity contribution in [2.75, 3.05) is 13.7 Å². The van der Waals surface area contributed by atoms with Crippen LogP contribution >= 0.6 is 0 Å². The van der Waals surface area contributed by atoms with Crippen LogP contribution in [0.3, 0.4) is 0 Å². The molecule has 0 aromatic heterocycles. The molecule has 4 saturated carbocycles. The van der Waals surface area contributed by atoms with Gasteiger partial charge in [0.1, 0.15) is 7.11 Å². The number of hydrogen-bond acceptors (Lipinski definition) is 4. The lowest BCUT2D eigenvalue weighted by molar-refractivity contribution is -0.121. The van der Waals surface area contributed by atoms with Crippen LogP contribution in [0, 0.1) is 40.4 Å². The quantitative estimate of drug-likeness (QED) is 0.201. The minimum Gasteiger partial charge on any atom is -0.415 e. The van der Waals surface area contributed by atoms with Crippen molar-refractivity contribution < 1.29 is 13.7 Å². The topological polar surface area (TPSA) is 40.0 Å². The summed E-state index contributed by atoms with van der Waals surface area (Å²) in [5.41, 5.74) is 2.05. The fraction of sp³-hybridized carbons (Fsp3) is 0.964. The Morgan fingerprint density at radius 3 is 2.15 bits per heavy atom. The summed E-state index contributed by atoms with van der Waals surface area (Å²) in [6, 6.07) is 0. The van der Waals surface area contributed by atoms with Crippen molar-refractivity contribution in [3.8, 4) is 0 Å². The van der Waals surface area contributed by atoms with Gasteiger partial charge in [0.2, 0.25) is 0 Å². The Hall–Kier alpha value is -0.176. The van der Waals surface area contributed by atoms with E-state index in [1.165, 1.54) is 63.5 Å². The molecule has 0 aromatic carbocycles. The summed E-state index contributed by atoms with van der Waals surface area (Å²) in [7, 11) is -1.35. The summed E-state index contributed by atoms with van der Waals surface area (Å²) < 4.78 is 12.9. The van der Waals surface area contributed by atoms with Crippen molar-refractivity contribution in [3.63, 3.8) is 0 Å². The van der Waals surface area contributed by atoms with Crippen LogP contribution in [0.1, 0.15) is 71.6 Å². The monoisotopic (exact) mass is 507 g/mol. The normalized spacial score (nSPS) is 43.1. The van der Waals surface area contributed by atoms with E-state index in [4.69, 9.17) is 13.7 Å². The van der Waals surface area contributed by atoms with E-state index in [9.17, 15) is 0 Å². The third-order valence-electron chi connectivity index (χ3n) is 10.4. The molecular formula is C28H53NO3Si2. The molecule has 3 unspecified atom stereocenters. The lowest BCUT2D eigenvalue weighted by Gasteiger charge is -2.61. The fourth-order valence-electron chi connectivity index (χ4n) is 8.97. The van der Waals surface area contributed by atoms with Crippen LogP contribution < -0.4 is 0 Å². The van der Waals surface area contributed by atoms with E-state index in [0.717, 1.165) is 23.7 Å². The second-order valence-corrected chi connectivity index (χ2v) is 23.6. The highest BCUT2D eigenvalue weighted by Gasteiger charge is 2.61. The van der Waals surface area contributed by atoms with E-state index in [1.54, 1.807) is 7.11 Å². The van der Waals surface area contributed by atoms with Crippen molar-refractivity contribution in [2.45, 2.75) is 117 Å². The fourth-order valence-corrected chi connectivity index (χ4v) is 10.8. The predicted molar refractivity (Wildman–Crippen MR) is 147 cm³/mol. The molecule has 4 aliphatic rings. The third kappa shape index (κ3) is 5.26. The van der Waals surface area contributed by atoms with Crippen molar-refractivity contribution in [1.29, 1.82) is 0 Å². The highest BCUT2D eigenvalue weighted by atomic mass is 28.4. The second kappa shape index (κ2) is 9.61. The zero-order valence-corrected chi connectivity index (χ0v) is 25.7. The SMILES string of the molecule is CO/N=C(\CO[Si](C)(C)C)[C@H]1CCC2C3CC[C@@H]4C[C@@H](O[Si](C)(C)C)CC[C@]4(C)C3CC[C@@]21C. The van der Waals surface area contributed by atoms with E-state index in [1.807, 2.05) is 0 Å². The number of nitrogens with zero attached hydrogens (tertiary/aromatic N) is 1. The first-order valence-electron chi connectivity index (χ1n) is 14.2. The molecule has 4 fully saturated rings. The minimum absolute atomic E-state index is 0.350. The van der Waals surface area contributed by atoms with Crippen LogP contribution in [0.15, 0.2) is 5.16 Å². The smallest absolute Gasteiger partial charge is 0.184 e. The van der Waals surface area contributed by atoms with Gasteiger partial charge in [0.05, 0.1) is 12.3 Å². The van der Waals surface area contributed by atoms with Crippen LogP contribution in [0.5, 0.6) is 0 Å². The molecule has 0 aromatic rings. The van der Waals surface area contributed by atoms with Gasteiger partial charge in [-0.1, -0.05) is 19.0 Å². The molecular weight excluding hydrogens is 454 g/mol. The first kappa shape index (κ1) is 26.9. The maximum Gasteiger partial charge on any atom is 0.184 e. The average Bonchev–Trinajstić information content (AvgIpc) is 3.07. The number of oxime groups is 1. The zero-order valence-electron chi connectivity index (χ0n) is 23.7. The maximum atomic E-state index is 6.61. The van der Waals surface area contributed by atoms with Crippen molar-refractivity contribution in [1.82, 2.24) is 0 Å². The maximum absolute atomic E-state index is 6.61. The van der Waals surface area contributed by atoms with Crippen LogP contribution in [0.4, 0.5) is 0 Å². The van der Waals surface area contributed by atoms with E-state index >= 15 is 0 Å². The van der Waals surface area contributed by atoms with Gasteiger partial charge in [-0.3, -0.25) is 0 Å². The van der Waals surface area contributed by atoms with Crippen LogP contribution in [0.25, 0.3) is 0 Å². The summed E-state index contributed by atoms with van der Waals surface area (Å²) >= 11 is 0. The Bertz CT molecular complexity index is 760. The Labute approximate surface area is 212 Å². The first-order valence-corrected chi connectivity index (χ1v) is 21.0. The summed E-state index contributed by atoms with van der Waals surface area (Å²) in [4.78, 5) is 5.36. The summed E-state index contributed by atoms with van der Waals surface area (Å²) in [5.74, 6) is 4.00. The molecule has 0 saturated heterocycles. The standard InChI is InChI=1S/C28H53NO3Si2/c1-27-16-14-21(32-34(7,8)9)18-20(27)10-11-22-23-12-13-25(28(23,2)17-15-24(22)27)26(29-30-3)19-31-33(4,5)6/h20-25H,10-19H2,1-9H3/b29-26+/t20-,21+,22?,23?,24?,25-,27+,28+/m1/s1. The van der Waals surface area contributed by atoms with Gasteiger partial charge in [0, 0.05) is 12.0 Å². The molecule has 4 aliphatic carbocycles. The second-order valence-electron chi connectivity index (χ2n) is 14.6. The molecule has 0 heterocycles. The largest absolute Gasteiger partial charge is 0.415 e.